The van der Waals surface area contributed by atoms with Gasteiger partial charge in [-0.15, -0.1) is 0 Å². The van der Waals surface area contributed by atoms with Crippen LogP contribution in [0.2, 0.25) is 0 Å². The maximum atomic E-state index is 12.0. The SMILES string of the molecule is CCN(CCCCN1CCCCCC1=O)C(C)Cc1ccccc1. The third-order valence-electron chi connectivity index (χ3n) is 5.20. The highest BCUT2D eigenvalue weighted by Gasteiger charge is 2.16. The van der Waals surface area contributed by atoms with Crippen LogP contribution in [0.25, 0.3) is 0 Å². The second-order valence-corrected chi connectivity index (χ2v) is 7.07. The summed E-state index contributed by atoms with van der Waals surface area (Å²) in [4.78, 5) is 16.7. The number of carbonyl (C=O) groups excluding carboxylic acids is 1. The molecule has 1 fully saturated rings. The average Bonchev–Trinajstić information content (AvgIpc) is 2.80. The quantitative estimate of drug-likeness (QED) is 0.636. The van der Waals surface area contributed by atoms with Gasteiger partial charge in [-0.25, -0.2) is 0 Å². The van der Waals surface area contributed by atoms with E-state index >= 15 is 0 Å². The van der Waals surface area contributed by atoms with E-state index in [-0.39, 0.29) is 0 Å². The minimum absolute atomic E-state index is 0.372. The Bertz CT molecular complexity index is 474. The van der Waals surface area contributed by atoms with Crippen LogP contribution in [0.1, 0.15) is 57.9 Å². The molecular weight excluding hydrogens is 296 g/mol. The van der Waals surface area contributed by atoms with Gasteiger partial charge in [0.1, 0.15) is 0 Å². The lowest BCUT2D eigenvalue weighted by atomic mass is 10.1. The Kier molecular flexibility index (Phi) is 8.31. The van der Waals surface area contributed by atoms with E-state index in [0.29, 0.717) is 11.9 Å². The molecule has 134 valence electrons. The van der Waals surface area contributed by atoms with Crippen LogP contribution in [0.3, 0.4) is 0 Å². The van der Waals surface area contributed by atoms with Gasteiger partial charge in [0, 0.05) is 25.6 Å². The Morgan fingerprint density at radius 2 is 1.92 bits per heavy atom. The Morgan fingerprint density at radius 3 is 2.67 bits per heavy atom. The highest BCUT2D eigenvalue weighted by atomic mass is 16.2. The van der Waals surface area contributed by atoms with Crippen LogP contribution in [-0.4, -0.2) is 47.9 Å². The molecule has 1 aliphatic heterocycles. The first-order chi connectivity index (χ1) is 11.7. The summed E-state index contributed by atoms with van der Waals surface area (Å²) in [6.07, 6.45) is 7.64. The van der Waals surface area contributed by atoms with Crippen molar-refractivity contribution in [3.63, 3.8) is 0 Å². The molecule has 2 rings (SSSR count). The summed E-state index contributed by atoms with van der Waals surface area (Å²) in [6.45, 7) is 8.72. The molecule has 0 bridgehead atoms. The number of hydrogen-bond acceptors (Lipinski definition) is 2. The van der Waals surface area contributed by atoms with E-state index in [9.17, 15) is 4.79 Å². The van der Waals surface area contributed by atoms with Gasteiger partial charge >= 0.3 is 0 Å². The van der Waals surface area contributed by atoms with E-state index in [2.05, 4.69) is 54.0 Å². The van der Waals surface area contributed by atoms with Crippen LogP contribution in [-0.2, 0) is 11.2 Å². The van der Waals surface area contributed by atoms with Gasteiger partial charge in [0.2, 0.25) is 5.91 Å². The first-order valence-corrected chi connectivity index (χ1v) is 9.76. The summed E-state index contributed by atoms with van der Waals surface area (Å²) in [7, 11) is 0. The molecule has 1 amide bonds. The molecule has 0 aromatic heterocycles. The average molecular weight is 331 g/mol. The molecule has 1 aromatic rings. The third kappa shape index (κ3) is 6.27. The second-order valence-electron chi connectivity index (χ2n) is 7.07. The van der Waals surface area contributed by atoms with Crippen LogP contribution < -0.4 is 0 Å². The minimum Gasteiger partial charge on any atom is -0.343 e. The van der Waals surface area contributed by atoms with Crippen LogP contribution in [0, 0.1) is 0 Å². The zero-order valence-corrected chi connectivity index (χ0v) is 15.5. The van der Waals surface area contributed by atoms with Gasteiger partial charge in [0.15, 0.2) is 0 Å². The standard InChI is InChI=1S/C21H34N2O/c1-3-22(19(2)18-20-12-6-4-7-13-20)15-10-11-17-23-16-9-5-8-14-21(23)24/h4,6-7,12-13,19H,3,5,8-11,14-18H2,1-2H3. The van der Waals surface area contributed by atoms with Gasteiger partial charge < -0.3 is 9.80 Å². The smallest absolute Gasteiger partial charge is 0.222 e. The molecule has 0 aliphatic carbocycles. The molecule has 1 aromatic carbocycles. The number of carbonyl (C=O) groups is 1. The number of nitrogens with zero attached hydrogens (tertiary/aromatic N) is 2. The molecule has 3 nitrogen and oxygen atoms in total. The first kappa shape index (κ1) is 19.0. The van der Waals surface area contributed by atoms with Crippen molar-refractivity contribution in [1.29, 1.82) is 0 Å². The zero-order chi connectivity index (χ0) is 17.2. The monoisotopic (exact) mass is 330 g/mol. The summed E-state index contributed by atoms with van der Waals surface area (Å²) in [5, 5.41) is 0. The van der Waals surface area contributed by atoms with Crippen molar-refractivity contribution < 1.29 is 4.79 Å². The van der Waals surface area contributed by atoms with Gasteiger partial charge in [-0.05, 0) is 57.7 Å². The second kappa shape index (κ2) is 10.5. The van der Waals surface area contributed by atoms with Crippen LogP contribution in [0.5, 0.6) is 0 Å². The topological polar surface area (TPSA) is 23.6 Å². The normalized spacial score (nSPS) is 17.1. The summed E-state index contributed by atoms with van der Waals surface area (Å²) in [5.74, 6) is 0.372. The van der Waals surface area contributed by atoms with E-state index in [1.54, 1.807) is 0 Å². The van der Waals surface area contributed by atoms with Crippen molar-refractivity contribution in [3.05, 3.63) is 35.9 Å². The van der Waals surface area contributed by atoms with E-state index in [1.807, 2.05) is 0 Å². The lowest BCUT2D eigenvalue weighted by Crippen LogP contribution is -2.36. The van der Waals surface area contributed by atoms with Crippen molar-refractivity contribution in [2.75, 3.05) is 26.2 Å². The maximum Gasteiger partial charge on any atom is 0.222 e. The third-order valence-corrected chi connectivity index (χ3v) is 5.20. The number of unbranched alkanes of at least 4 members (excludes halogenated alkanes) is 1. The van der Waals surface area contributed by atoms with Crippen molar-refractivity contribution in [2.45, 2.75) is 64.8 Å². The summed E-state index contributed by atoms with van der Waals surface area (Å²) in [6, 6.07) is 11.3. The lowest BCUT2D eigenvalue weighted by Gasteiger charge is -2.28. The van der Waals surface area contributed by atoms with E-state index in [4.69, 9.17) is 0 Å². The summed E-state index contributed by atoms with van der Waals surface area (Å²) in [5.41, 5.74) is 1.42. The molecule has 24 heavy (non-hydrogen) atoms. The fraction of sp³-hybridized carbons (Fsp3) is 0.667. The molecule has 0 saturated carbocycles. The number of benzene rings is 1. The van der Waals surface area contributed by atoms with Crippen molar-refractivity contribution in [1.82, 2.24) is 9.80 Å². The van der Waals surface area contributed by atoms with E-state index in [0.717, 1.165) is 51.9 Å². The molecule has 1 unspecified atom stereocenters. The fourth-order valence-corrected chi connectivity index (χ4v) is 3.67. The highest BCUT2D eigenvalue weighted by molar-refractivity contribution is 5.76. The molecule has 1 heterocycles. The fourth-order valence-electron chi connectivity index (χ4n) is 3.67. The number of amides is 1. The molecular formula is C21H34N2O. The van der Waals surface area contributed by atoms with Crippen LogP contribution >= 0.6 is 0 Å². The zero-order valence-electron chi connectivity index (χ0n) is 15.5. The van der Waals surface area contributed by atoms with Gasteiger partial charge in [0.25, 0.3) is 0 Å². The van der Waals surface area contributed by atoms with Gasteiger partial charge in [-0.2, -0.15) is 0 Å². The van der Waals surface area contributed by atoms with E-state index in [1.165, 1.54) is 24.8 Å². The molecule has 0 N–H and O–H groups in total. The Morgan fingerprint density at radius 1 is 1.12 bits per heavy atom. The van der Waals surface area contributed by atoms with Gasteiger partial charge in [-0.3, -0.25) is 4.79 Å². The van der Waals surface area contributed by atoms with Crippen molar-refractivity contribution in [2.24, 2.45) is 0 Å². The van der Waals surface area contributed by atoms with E-state index < -0.39 is 0 Å². The molecule has 0 radical (unpaired) electrons. The lowest BCUT2D eigenvalue weighted by molar-refractivity contribution is -0.130. The maximum absolute atomic E-state index is 12.0. The van der Waals surface area contributed by atoms with Crippen LogP contribution in [0.4, 0.5) is 0 Å². The van der Waals surface area contributed by atoms with Crippen LogP contribution in [0.15, 0.2) is 30.3 Å². The largest absolute Gasteiger partial charge is 0.343 e. The number of rotatable bonds is 9. The minimum atomic E-state index is 0.372. The molecule has 1 aliphatic rings. The number of likely N-dealkylation sites (tertiary alicyclic amines) is 1. The summed E-state index contributed by atoms with van der Waals surface area (Å²) >= 11 is 0. The summed E-state index contributed by atoms with van der Waals surface area (Å²) < 4.78 is 0. The predicted octanol–water partition coefficient (Wildman–Crippen LogP) is 4.12. The Balaban J connectivity index is 1.69. The highest BCUT2D eigenvalue weighted by Crippen LogP contribution is 2.13. The number of likely N-dealkylation sites (N-methyl/N-ethyl adjacent to an activating group) is 1. The van der Waals surface area contributed by atoms with Gasteiger partial charge in [-0.1, -0.05) is 43.7 Å². The molecule has 3 heteroatoms. The molecule has 1 atom stereocenters. The Labute approximate surface area is 148 Å². The molecule has 0 spiro atoms. The van der Waals surface area contributed by atoms with Gasteiger partial charge in [0.05, 0.1) is 0 Å². The van der Waals surface area contributed by atoms with Crippen molar-refractivity contribution in [3.8, 4) is 0 Å². The Hall–Kier alpha value is -1.35. The number of hydrogen-bond donors (Lipinski definition) is 0. The predicted molar refractivity (Wildman–Crippen MR) is 101 cm³/mol. The van der Waals surface area contributed by atoms with Crippen molar-refractivity contribution >= 4 is 5.91 Å². The molecule has 1 saturated heterocycles. The first-order valence-electron chi connectivity index (χ1n) is 9.76.